The van der Waals surface area contributed by atoms with Crippen molar-refractivity contribution in [1.82, 2.24) is 20.4 Å². The van der Waals surface area contributed by atoms with E-state index in [1.54, 1.807) is 0 Å². The maximum absolute atomic E-state index is 6.10. The molecule has 0 spiro atoms. The molecule has 2 rings (SSSR count). The van der Waals surface area contributed by atoms with Crippen molar-refractivity contribution >= 4 is 5.96 Å². The normalized spacial score (nSPS) is 22.6. The molecule has 3 unspecified atom stereocenters. The minimum Gasteiger partial charge on any atom is -0.377 e. The quantitative estimate of drug-likeness (QED) is 0.612. The fraction of sp³-hybridized carbons (Fsp3) is 0.810. The highest BCUT2D eigenvalue weighted by Crippen LogP contribution is 2.33. The van der Waals surface area contributed by atoms with Crippen LogP contribution >= 0.6 is 0 Å². The van der Waals surface area contributed by atoms with Crippen LogP contribution < -0.4 is 10.6 Å². The molecule has 1 aliphatic rings. The molecule has 0 bridgehead atoms. The predicted molar refractivity (Wildman–Crippen MR) is 112 cm³/mol. The average Bonchev–Trinajstić information content (AvgIpc) is 2.84. The molecular weight excluding hydrogens is 338 g/mol. The molecule has 1 aromatic rings. The molecule has 0 amide bonds. The lowest BCUT2D eigenvalue weighted by Crippen LogP contribution is -2.49. The fourth-order valence-corrected chi connectivity index (χ4v) is 4.14. The second kappa shape index (κ2) is 9.09. The van der Waals surface area contributed by atoms with Gasteiger partial charge in [0.2, 0.25) is 0 Å². The van der Waals surface area contributed by atoms with Gasteiger partial charge in [-0.1, -0.05) is 20.8 Å². The van der Waals surface area contributed by atoms with E-state index in [1.807, 2.05) is 18.8 Å². The van der Waals surface area contributed by atoms with E-state index < -0.39 is 0 Å². The van der Waals surface area contributed by atoms with E-state index in [2.05, 4.69) is 62.3 Å². The third-order valence-electron chi connectivity index (χ3n) is 5.61. The Hall–Kier alpha value is -1.56. The number of rotatable bonds is 5. The van der Waals surface area contributed by atoms with Crippen molar-refractivity contribution in [2.45, 2.75) is 73.0 Å². The lowest BCUT2D eigenvalue weighted by molar-refractivity contribution is -0.0835. The van der Waals surface area contributed by atoms with Gasteiger partial charge in [-0.2, -0.15) is 5.10 Å². The van der Waals surface area contributed by atoms with Gasteiger partial charge in [0.15, 0.2) is 5.96 Å². The summed E-state index contributed by atoms with van der Waals surface area (Å²) in [5.41, 5.74) is 3.82. The van der Waals surface area contributed by atoms with Gasteiger partial charge in [-0.15, -0.1) is 0 Å². The average molecular weight is 378 g/mol. The zero-order valence-electron chi connectivity index (χ0n) is 18.5. The van der Waals surface area contributed by atoms with Gasteiger partial charge in [-0.25, -0.2) is 0 Å². The molecule has 0 aromatic carbocycles. The van der Waals surface area contributed by atoms with Crippen LogP contribution in [0.15, 0.2) is 4.99 Å². The third-order valence-corrected chi connectivity index (χ3v) is 5.61. The molecule has 1 aliphatic heterocycles. The first-order chi connectivity index (χ1) is 12.6. The van der Waals surface area contributed by atoms with E-state index in [9.17, 15) is 0 Å². The van der Waals surface area contributed by atoms with E-state index in [4.69, 9.17) is 4.74 Å². The van der Waals surface area contributed by atoms with Gasteiger partial charge in [-0.05, 0) is 51.0 Å². The molecule has 2 heterocycles. The number of guanidine groups is 1. The van der Waals surface area contributed by atoms with Crippen LogP contribution in [-0.2, 0) is 18.2 Å². The standard InChI is InChI=1S/C21H39N5O/c1-14(12-18-15(2)25-26(8)16(18)3)24-20(22-7)23-13-17-10-9-11-27-19(17)21(4,5)6/h14,17,19H,9-13H2,1-8H3,(H2,22,23,24). The summed E-state index contributed by atoms with van der Waals surface area (Å²) in [6.45, 7) is 15.0. The van der Waals surface area contributed by atoms with Crippen LogP contribution in [0.3, 0.4) is 0 Å². The smallest absolute Gasteiger partial charge is 0.191 e. The second-order valence-electron chi connectivity index (χ2n) is 9.04. The summed E-state index contributed by atoms with van der Waals surface area (Å²) in [5, 5.41) is 11.6. The number of nitrogens with one attached hydrogen (secondary N) is 2. The Bertz CT molecular complexity index is 644. The topological polar surface area (TPSA) is 63.5 Å². The van der Waals surface area contributed by atoms with Crippen molar-refractivity contribution in [2.75, 3.05) is 20.2 Å². The Morgan fingerprint density at radius 2 is 2.07 bits per heavy atom. The maximum atomic E-state index is 6.10. The Morgan fingerprint density at radius 3 is 2.63 bits per heavy atom. The summed E-state index contributed by atoms with van der Waals surface area (Å²) in [5.74, 6) is 1.37. The summed E-state index contributed by atoms with van der Waals surface area (Å²) in [6.07, 6.45) is 3.56. The van der Waals surface area contributed by atoms with Gasteiger partial charge >= 0.3 is 0 Å². The van der Waals surface area contributed by atoms with E-state index >= 15 is 0 Å². The van der Waals surface area contributed by atoms with Crippen LogP contribution in [0.25, 0.3) is 0 Å². The first-order valence-corrected chi connectivity index (χ1v) is 10.2. The molecular formula is C21H39N5O. The molecule has 0 saturated carbocycles. The third kappa shape index (κ3) is 5.71. The zero-order valence-corrected chi connectivity index (χ0v) is 18.5. The largest absolute Gasteiger partial charge is 0.377 e. The molecule has 2 N–H and O–H groups in total. The minimum atomic E-state index is 0.159. The zero-order chi connectivity index (χ0) is 20.2. The lowest BCUT2D eigenvalue weighted by atomic mass is 9.78. The van der Waals surface area contributed by atoms with E-state index in [-0.39, 0.29) is 17.6 Å². The van der Waals surface area contributed by atoms with Gasteiger partial charge in [0.05, 0.1) is 11.8 Å². The number of hydrogen-bond donors (Lipinski definition) is 2. The number of hydrogen-bond acceptors (Lipinski definition) is 3. The Kier molecular flexibility index (Phi) is 7.32. The highest BCUT2D eigenvalue weighted by Gasteiger charge is 2.35. The number of aliphatic imine (C=N–C) groups is 1. The predicted octanol–water partition coefficient (Wildman–Crippen LogP) is 2.97. The van der Waals surface area contributed by atoms with Crippen LogP contribution in [0.2, 0.25) is 0 Å². The van der Waals surface area contributed by atoms with Gasteiger partial charge in [0.1, 0.15) is 0 Å². The van der Waals surface area contributed by atoms with E-state index in [0.717, 1.165) is 37.6 Å². The van der Waals surface area contributed by atoms with E-state index in [1.165, 1.54) is 17.7 Å². The van der Waals surface area contributed by atoms with Crippen LogP contribution in [0.1, 0.15) is 57.5 Å². The van der Waals surface area contributed by atoms with Crippen LogP contribution in [0.5, 0.6) is 0 Å². The summed E-state index contributed by atoms with van der Waals surface area (Å²) >= 11 is 0. The lowest BCUT2D eigenvalue weighted by Gasteiger charge is -2.40. The van der Waals surface area contributed by atoms with Gasteiger partial charge in [0, 0.05) is 44.9 Å². The van der Waals surface area contributed by atoms with Gasteiger partial charge < -0.3 is 15.4 Å². The van der Waals surface area contributed by atoms with Crippen molar-refractivity contribution in [1.29, 1.82) is 0 Å². The molecule has 0 aliphatic carbocycles. The number of ether oxygens (including phenoxy) is 1. The number of aromatic nitrogens is 2. The highest BCUT2D eigenvalue weighted by molar-refractivity contribution is 5.79. The highest BCUT2D eigenvalue weighted by atomic mass is 16.5. The number of aryl methyl sites for hydroxylation is 2. The monoisotopic (exact) mass is 377 g/mol. The van der Waals surface area contributed by atoms with Crippen LogP contribution in [0, 0.1) is 25.2 Å². The number of nitrogens with zero attached hydrogens (tertiary/aromatic N) is 3. The summed E-state index contributed by atoms with van der Waals surface area (Å²) in [7, 11) is 3.84. The van der Waals surface area contributed by atoms with Crippen molar-refractivity contribution in [3.63, 3.8) is 0 Å². The van der Waals surface area contributed by atoms with Gasteiger partial charge in [-0.3, -0.25) is 9.67 Å². The molecule has 27 heavy (non-hydrogen) atoms. The van der Waals surface area contributed by atoms with Crippen molar-refractivity contribution in [3.8, 4) is 0 Å². The minimum absolute atomic E-state index is 0.159. The summed E-state index contributed by atoms with van der Waals surface area (Å²) in [6, 6.07) is 0.277. The molecule has 3 atom stereocenters. The summed E-state index contributed by atoms with van der Waals surface area (Å²) in [4.78, 5) is 4.42. The first-order valence-electron chi connectivity index (χ1n) is 10.2. The SMILES string of the molecule is CN=C(NCC1CCCOC1C(C)(C)C)NC(C)Cc1c(C)nn(C)c1C. The Morgan fingerprint density at radius 1 is 1.37 bits per heavy atom. The molecule has 1 fully saturated rings. The molecule has 6 nitrogen and oxygen atoms in total. The first kappa shape index (κ1) is 21.7. The summed E-state index contributed by atoms with van der Waals surface area (Å²) < 4.78 is 8.06. The van der Waals surface area contributed by atoms with Crippen molar-refractivity contribution in [2.24, 2.45) is 23.4 Å². The van der Waals surface area contributed by atoms with E-state index in [0.29, 0.717) is 5.92 Å². The second-order valence-corrected chi connectivity index (χ2v) is 9.04. The molecule has 0 radical (unpaired) electrons. The Labute approximate surface area is 165 Å². The molecule has 6 heteroatoms. The molecule has 154 valence electrons. The molecule has 1 saturated heterocycles. The van der Waals surface area contributed by atoms with Crippen LogP contribution in [-0.4, -0.2) is 48.1 Å². The maximum Gasteiger partial charge on any atom is 0.191 e. The Balaban J connectivity index is 1.91. The van der Waals surface area contributed by atoms with Crippen LogP contribution in [0.4, 0.5) is 0 Å². The van der Waals surface area contributed by atoms with Gasteiger partial charge in [0.25, 0.3) is 0 Å². The fourth-order valence-electron chi connectivity index (χ4n) is 4.14. The van der Waals surface area contributed by atoms with Crippen molar-refractivity contribution < 1.29 is 4.74 Å². The van der Waals surface area contributed by atoms with Crippen molar-refractivity contribution in [3.05, 3.63) is 17.0 Å². The molecule has 1 aromatic heterocycles.